The first kappa shape index (κ1) is 22.7. The molecule has 4 aromatic rings. The lowest BCUT2D eigenvalue weighted by molar-refractivity contribution is 0.0653. The zero-order valence-corrected chi connectivity index (χ0v) is 20.5. The molecule has 2 aromatic heterocycles. The van der Waals surface area contributed by atoms with E-state index in [2.05, 4.69) is 5.10 Å². The van der Waals surface area contributed by atoms with Crippen molar-refractivity contribution in [2.24, 2.45) is 0 Å². The van der Waals surface area contributed by atoms with E-state index in [-0.39, 0.29) is 40.3 Å². The second kappa shape index (κ2) is 8.74. The van der Waals surface area contributed by atoms with Crippen molar-refractivity contribution < 1.29 is 13.2 Å². The maximum atomic E-state index is 13.8. The van der Waals surface area contributed by atoms with Crippen molar-refractivity contribution in [2.45, 2.75) is 55.5 Å². The third-order valence-corrected chi connectivity index (χ3v) is 8.84. The van der Waals surface area contributed by atoms with Gasteiger partial charge in [0, 0.05) is 17.7 Å². The number of aromatic nitrogens is 3. The van der Waals surface area contributed by atoms with E-state index in [0.29, 0.717) is 11.3 Å². The summed E-state index contributed by atoms with van der Waals surface area (Å²) in [4.78, 5) is 29.3. The number of amides is 1. The maximum absolute atomic E-state index is 13.8. The smallest absolute Gasteiger partial charge is 0.280 e. The lowest BCUT2D eigenvalue weighted by Gasteiger charge is -2.30. The maximum Gasteiger partial charge on any atom is 0.280 e. The van der Waals surface area contributed by atoms with Gasteiger partial charge in [0.05, 0.1) is 22.7 Å². The molecule has 2 aromatic carbocycles. The van der Waals surface area contributed by atoms with Crippen molar-refractivity contribution in [1.29, 1.82) is 0 Å². The van der Waals surface area contributed by atoms with E-state index in [1.54, 1.807) is 29.2 Å². The minimum Gasteiger partial charge on any atom is -0.330 e. The minimum atomic E-state index is -3.81. The number of fused-ring (bicyclic) bond motifs is 2. The largest absolute Gasteiger partial charge is 0.330 e. The van der Waals surface area contributed by atoms with E-state index in [0.717, 1.165) is 37.7 Å². The van der Waals surface area contributed by atoms with Crippen molar-refractivity contribution in [3.05, 3.63) is 88.3 Å². The van der Waals surface area contributed by atoms with Crippen molar-refractivity contribution in [2.75, 3.05) is 0 Å². The molecule has 0 spiro atoms. The predicted octanol–water partition coefficient (Wildman–Crippen LogP) is 3.88. The zero-order chi connectivity index (χ0) is 24.9. The highest BCUT2D eigenvalue weighted by Gasteiger charge is 2.39. The molecule has 0 atom stereocenters. The summed E-state index contributed by atoms with van der Waals surface area (Å²) >= 11 is 0. The molecule has 6 rings (SSSR count). The summed E-state index contributed by atoms with van der Waals surface area (Å²) in [5, 5.41) is 4.54. The number of carbonyl (C=O) groups excluding carboxylic acids is 1. The second-order valence-corrected chi connectivity index (χ2v) is 11.5. The summed E-state index contributed by atoms with van der Waals surface area (Å²) < 4.78 is 29.6. The molecular weight excluding hydrogens is 476 g/mol. The summed E-state index contributed by atoms with van der Waals surface area (Å²) in [5.74, 6) is -0.741. The fraction of sp³-hybridized carbons (Fsp3) is 0.296. The molecule has 1 aliphatic carbocycles. The van der Waals surface area contributed by atoms with E-state index in [1.165, 1.54) is 21.2 Å². The van der Waals surface area contributed by atoms with Gasteiger partial charge in [-0.2, -0.15) is 9.61 Å². The van der Waals surface area contributed by atoms with Crippen LogP contribution in [0.25, 0.3) is 16.9 Å². The van der Waals surface area contributed by atoms with Crippen LogP contribution in [0.2, 0.25) is 0 Å². The van der Waals surface area contributed by atoms with Gasteiger partial charge >= 0.3 is 0 Å². The summed E-state index contributed by atoms with van der Waals surface area (Å²) in [6, 6.07) is 19.3. The van der Waals surface area contributed by atoms with Gasteiger partial charge in [-0.3, -0.25) is 9.59 Å². The molecule has 184 valence electrons. The van der Waals surface area contributed by atoms with Crippen LogP contribution < -0.4 is 5.56 Å². The van der Waals surface area contributed by atoms with E-state index in [4.69, 9.17) is 0 Å². The molecule has 8 nitrogen and oxygen atoms in total. The Morgan fingerprint density at radius 3 is 2.25 bits per heavy atom. The SMILES string of the molecule is O=C1c2c(c(=O)n3nc(-c4ccccc4)cc3n2CS(=O)(=O)c2ccccc2)CN1C1CCCCC1. The average molecular weight is 503 g/mol. The Labute approximate surface area is 208 Å². The van der Waals surface area contributed by atoms with Gasteiger partial charge in [-0.1, -0.05) is 67.8 Å². The normalized spacial score (nSPS) is 16.6. The molecule has 0 N–H and O–H groups in total. The molecular formula is C27H26N4O4S. The van der Waals surface area contributed by atoms with E-state index in [1.807, 2.05) is 30.3 Å². The lowest BCUT2D eigenvalue weighted by Crippen LogP contribution is -2.37. The van der Waals surface area contributed by atoms with Gasteiger partial charge in [-0.25, -0.2) is 8.42 Å². The van der Waals surface area contributed by atoms with Crippen molar-refractivity contribution in [3.8, 4) is 11.3 Å². The highest BCUT2D eigenvalue weighted by molar-refractivity contribution is 7.90. The van der Waals surface area contributed by atoms with Crippen molar-refractivity contribution in [1.82, 2.24) is 19.1 Å². The van der Waals surface area contributed by atoms with Gasteiger partial charge in [0.1, 0.15) is 17.2 Å². The summed E-state index contributed by atoms with van der Waals surface area (Å²) in [5.41, 5.74) is 1.73. The molecule has 2 aliphatic rings. The van der Waals surface area contributed by atoms with Gasteiger partial charge in [0.2, 0.25) is 0 Å². The molecule has 1 aliphatic heterocycles. The quantitative estimate of drug-likeness (QED) is 0.413. The van der Waals surface area contributed by atoms with Crippen LogP contribution >= 0.6 is 0 Å². The Hall–Kier alpha value is -3.72. The van der Waals surface area contributed by atoms with E-state index in [9.17, 15) is 18.0 Å². The Morgan fingerprint density at radius 1 is 0.889 bits per heavy atom. The third kappa shape index (κ3) is 3.74. The van der Waals surface area contributed by atoms with Gasteiger partial charge in [-0.05, 0) is 25.0 Å². The predicted molar refractivity (Wildman–Crippen MR) is 135 cm³/mol. The Bertz CT molecular complexity index is 1620. The summed E-state index contributed by atoms with van der Waals surface area (Å²) in [6.45, 7) is 0.180. The summed E-state index contributed by atoms with van der Waals surface area (Å²) in [7, 11) is -3.81. The van der Waals surface area contributed by atoms with Crippen LogP contribution in [0.15, 0.2) is 76.4 Å². The highest BCUT2D eigenvalue weighted by atomic mass is 32.2. The number of benzene rings is 2. The second-order valence-electron chi connectivity index (χ2n) is 9.51. The lowest BCUT2D eigenvalue weighted by atomic mass is 9.94. The average Bonchev–Trinajstić information content (AvgIpc) is 3.51. The minimum absolute atomic E-state index is 0.0597. The molecule has 36 heavy (non-hydrogen) atoms. The number of nitrogens with zero attached hydrogens (tertiary/aromatic N) is 4. The number of rotatable bonds is 5. The molecule has 1 fully saturated rings. The molecule has 3 heterocycles. The molecule has 0 saturated heterocycles. The van der Waals surface area contributed by atoms with Gasteiger partial charge < -0.3 is 9.47 Å². The first-order chi connectivity index (χ1) is 17.4. The fourth-order valence-electron chi connectivity index (χ4n) is 5.43. The number of sulfone groups is 1. The first-order valence-corrected chi connectivity index (χ1v) is 13.9. The van der Waals surface area contributed by atoms with Gasteiger partial charge in [-0.15, -0.1) is 0 Å². The number of hydrogen-bond acceptors (Lipinski definition) is 5. The monoisotopic (exact) mass is 502 g/mol. The highest BCUT2D eigenvalue weighted by Crippen LogP contribution is 2.32. The number of carbonyl (C=O) groups is 1. The topological polar surface area (TPSA) is 93.7 Å². The first-order valence-electron chi connectivity index (χ1n) is 12.2. The molecule has 1 saturated carbocycles. The Balaban J connectivity index is 1.54. The summed E-state index contributed by atoms with van der Waals surface area (Å²) in [6.07, 6.45) is 5.02. The molecule has 1 amide bonds. The zero-order valence-electron chi connectivity index (χ0n) is 19.7. The van der Waals surface area contributed by atoms with Crippen molar-refractivity contribution in [3.63, 3.8) is 0 Å². The standard InChI is InChI=1S/C27H26N4O4S/c32-26-22-17-29(20-12-6-2-7-13-20)27(33)25(22)30(18-36(34,35)21-14-8-3-9-15-21)24-16-23(28-31(24)26)19-10-4-1-5-11-19/h1,3-5,8-11,14-16,20H,2,6-7,12-13,17-18H2. The van der Waals surface area contributed by atoms with Crippen molar-refractivity contribution >= 4 is 21.4 Å². The van der Waals surface area contributed by atoms with Crippen LogP contribution in [0.5, 0.6) is 0 Å². The molecule has 0 unspecified atom stereocenters. The Morgan fingerprint density at radius 2 is 1.56 bits per heavy atom. The fourth-order valence-corrected chi connectivity index (χ4v) is 6.75. The number of hydrogen-bond donors (Lipinski definition) is 0. The van der Waals surface area contributed by atoms with Gasteiger partial charge in [0.15, 0.2) is 9.84 Å². The van der Waals surface area contributed by atoms with E-state index >= 15 is 0 Å². The molecule has 9 heteroatoms. The van der Waals surface area contributed by atoms with Crippen LogP contribution in [0.3, 0.4) is 0 Å². The molecule has 0 radical (unpaired) electrons. The third-order valence-electron chi connectivity index (χ3n) is 7.25. The van der Waals surface area contributed by atoms with Crippen LogP contribution in [-0.2, 0) is 22.3 Å². The Kier molecular flexibility index (Phi) is 5.52. The van der Waals surface area contributed by atoms with Crippen LogP contribution in [0, 0.1) is 0 Å². The van der Waals surface area contributed by atoms with Crippen LogP contribution in [-0.4, -0.2) is 39.4 Å². The van der Waals surface area contributed by atoms with Crippen LogP contribution in [0.4, 0.5) is 0 Å². The van der Waals surface area contributed by atoms with Crippen LogP contribution in [0.1, 0.15) is 48.2 Å². The van der Waals surface area contributed by atoms with Gasteiger partial charge in [0.25, 0.3) is 11.5 Å². The molecule has 0 bridgehead atoms. The van der Waals surface area contributed by atoms with E-state index < -0.39 is 15.7 Å².